The van der Waals surface area contributed by atoms with Gasteiger partial charge in [0.05, 0.1) is 12.1 Å². The summed E-state index contributed by atoms with van der Waals surface area (Å²) in [5.41, 5.74) is 0. The topological polar surface area (TPSA) is 206 Å². The quantitative estimate of drug-likeness (QED) is 0.0300. The van der Waals surface area contributed by atoms with E-state index in [1.165, 1.54) is 0 Å². The molecule has 0 radical (unpaired) electrons. The fourth-order valence-corrected chi connectivity index (χ4v) is 5.18. The van der Waals surface area contributed by atoms with E-state index in [1.807, 2.05) is 54.1 Å². The fraction of sp³-hybridized carbons (Fsp3) is 0.868. The van der Waals surface area contributed by atoms with Crippen molar-refractivity contribution >= 4 is 30.7 Å². The summed E-state index contributed by atoms with van der Waals surface area (Å²) in [6, 6.07) is -1.13. The number of nitrogens with one attached hydrogen (secondary N) is 10. The number of unbranched alkanes of at least 4 members (excludes halogenated alkanes) is 5. The van der Waals surface area contributed by atoms with Crippen molar-refractivity contribution in [2.45, 2.75) is 127 Å². The van der Waals surface area contributed by atoms with Crippen molar-refractivity contribution in [2.24, 2.45) is 0 Å². The Morgan fingerprint density at radius 2 is 0.696 bits per heavy atom. The summed E-state index contributed by atoms with van der Waals surface area (Å²) in [4.78, 5) is 55.7. The standard InChI is InChI=1S/2C15H31N4O2.C8H17N2O.3W/c1-16-10-6-5-9-14(18-3)15(21)19-11-7-4-8-13(12-20)17-2;1-16-10-6-4-8-13(12-20)19-15(21)14(18-3)9-5-7-11-17-2;1-9-6-4-3-5-8(7-11)10-2;;;/h2*13-14,16-18H,4-11H2,1-3H3,(H,19,21);8-10H,3-6H2,1-2H3;;;/q3*-1;;;. The zero-order chi connectivity index (χ0) is 40.4. The number of likely N-dealkylation sites (N-methyl/N-ethyl adjacent to an activating group) is 4. The average Bonchev–Trinajstić information content (AvgIpc) is 3.18. The summed E-state index contributed by atoms with van der Waals surface area (Å²) >= 11 is 0. The Hall–Kier alpha value is -0.305. The Bertz CT molecular complexity index is 860. The second-order valence-electron chi connectivity index (χ2n) is 13.0. The Kier molecular flexibility index (Phi) is 65.9. The van der Waals surface area contributed by atoms with E-state index in [-0.39, 0.29) is 99.2 Å². The van der Waals surface area contributed by atoms with Crippen molar-refractivity contribution in [1.82, 2.24) is 53.2 Å². The Morgan fingerprint density at radius 3 is 1.00 bits per heavy atom. The van der Waals surface area contributed by atoms with Crippen LogP contribution in [0.15, 0.2) is 0 Å². The number of hydrogen-bond acceptors (Lipinski definition) is 13. The fourth-order valence-electron chi connectivity index (χ4n) is 5.18. The molecule has 0 fully saturated rings. The van der Waals surface area contributed by atoms with Crippen molar-refractivity contribution in [2.75, 3.05) is 89.1 Å². The number of carbonyl (C=O) groups is 2. The van der Waals surface area contributed by atoms with Crippen molar-refractivity contribution < 1.29 is 87.2 Å². The van der Waals surface area contributed by atoms with Crippen molar-refractivity contribution in [3.63, 3.8) is 0 Å². The first-order chi connectivity index (χ1) is 25.7. The summed E-state index contributed by atoms with van der Waals surface area (Å²) in [5, 5.41) is 29.9. The molecule has 56 heavy (non-hydrogen) atoms. The van der Waals surface area contributed by atoms with Gasteiger partial charge in [-0.1, -0.05) is 69.5 Å². The molecule has 5 atom stereocenters. The van der Waals surface area contributed by atoms with E-state index in [1.54, 1.807) is 21.1 Å². The molecule has 15 nitrogen and oxygen atoms in total. The maximum atomic E-state index is 12.1. The number of rotatable bonds is 35. The molecule has 10 N–H and O–H groups in total. The van der Waals surface area contributed by atoms with Gasteiger partial charge in [0.15, 0.2) is 0 Å². The van der Waals surface area contributed by atoms with Gasteiger partial charge in [-0.15, -0.1) is 0 Å². The van der Waals surface area contributed by atoms with Gasteiger partial charge in [-0.2, -0.15) is 0 Å². The van der Waals surface area contributed by atoms with Crippen LogP contribution in [0, 0.1) is 0 Å². The molecule has 332 valence electrons. The minimum Gasteiger partial charge on any atom is -0.540 e. The van der Waals surface area contributed by atoms with Crippen LogP contribution in [0.2, 0.25) is 0 Å². The van der Waals surface area contributed by atoms with E-state index in [0.29, 0.717) is 13.0 Å². The molecule has 0 spiro atoms. The molecule has 0 aliphatic rings. The Labute approximate surface area is 384 Å². The normalized spacial score (nSPS) is 12.8. The summed E-state index contributed by atoms with van der Waals surface area (Å²) < 4.78 is 0. The van der Waals surface area contributed by atoms with Crippen LogP contribution >= 0.6 is 0 Å². The molecule has 0 aromatic carbocycles. The van der Waals surface area contributed by atoms with E-state index in [9.17, 15) is 24.0 Å². The number of carbonyl (C=O) groups excluding carboxylic acids is 5. The molecule has 0 aromatic rings. The van der Waals surface area contributed by atoms with Crippen LogP contribution in [0.1, 0.15) is 96.3 Å². The maximum Gasteiger partial charge on any atom is 0.237 e. The molecule has 2 amide bonds. The van der Waals surface area contributed by atoms with Crippen LogP contribution in [-0.4, -0.2) is 150 Å². The molecule has 0 aromatic heterocycles. The number of amides is 2. The van der Waals surface area contributed by atoms with Crippen LogP contribution in [-0.2, 0) is 87.2 Å². The van der Waals surface area contributed by atoms with Crippen LogP contribution < -0.4 is 53.2 Å². The molecular formula is C38H79N10O5W3-3. The van der Waals surface area contributed by atoms with E-state index in [0.717, 1.165) is 116 Å². The minimum atomic E-state index is -0.498. The zero-order valence-electron chi connectivity index (χ0n) is 35.8. The molecule has 5 unspecified atom stereocenters. The van der Waals surface area contributed by atoms with Crippen LogP contribution in [0.25, 0.3) is 0 Å². The van der Waals surface area contributed by atoms with Gasteiger partial charge in [0, 0.05) is 69.7 Å². The van der Waals surface area contributed by atoms with Crippen molar-refractivity contribution in [3.8, 4) is 0 Å². The van der Waals surface area contributed by atoms with Crippen molar-refractivity contribution in [1.29, 1.82) is 0 Å². The van der Waals surface area contributed by atoms with Gasteiger partial charge in [-0.3, -0.25) is 9.59 Å². The first-order valence-corrected chi connectivity index (χ1v) is 19.7. The van der Waals surface area contributed by atoms with Gasteiger partial charge in [-0.05, 0) is 128 Å². The van der Waals surface area contributed by atoms with Gasteiger partial charge in [0.25, 0.3) is 0 Å². The number of hydrogen-bond donors (Lipinski definition) is 10. The molecule has 0 bridgehead atoms. The van der Waals surface area contributed by atoms with E-state index in [4.69, 9.17) is 0 Å². The van der Waals surface area contributed by atoms with E-state index in [2.05, 4.69) is 53.2 Å². The predicted octanol–water partition coefficient (Wildman–Crippen LogP) is -0.0371. The molecular weight excluding hydrogens is 1230 g/mol. The smallest absolute Gasteiger partial charge is 0.237 e. The van der Waals surface area contributed by atoms with Gasteiger partial charge in [0.1, 0.15) is 0 Å². The van der Waals surface area contributed by atoms with Crippen LogP contribution in [0.3, 0.4) is 0 Å². The van der Waals surface area contributed by atoms with Crippen LogP contribution in [0.4, 0.5) is 0 Å². The van der Waals surface area contributed by atoms with E-state index < -0.39 is 6.04 Å². The van der Waals surface area contributed by atoms with Crippen molar-refractivity contribution in [3.05, 3.63) is 0 Å². The Balaban J connectivity index is -0.000000171. The predicted molar refractivity (Wildman–Crippen MR) is 218 cm³/mol. The first-order valence-electron chi connectivity index (χ1n) is 19.7. The van der Waals surface area contributed by atoms with Gasteiger partial charge < -0.3 is 67.6 Å². The second kappa shape index (κ2) is 54.7. The average molecular weight is 1310 g/mol. The molecule has 0 saturated carbocycles. The SMILES string of the molecule is CNCCCCC(NC)C(=O)NCCCCC([C-]=O)NC.CNCCCCC([C-]=O)NC.CNCCCCC([C-]=O)NC(=O)C(CCCCNC)NC.[W].[W].[W]. The third kappa shape index (κ3) is 44.8. The molecule has 0 saturated heterocycles. The third-order valence-corrected chi connectivity index (χ3v) is 8.67. The Morgan fingerprint density at radius 1 is 0.393 bits per heavy atom. The van der Waals surface area contributed by atoms with Gasteiger partial charge >= 0.3 is 0 Å². The molecule has 0 heterocycles. The molecule has 0 aliphatic carbocycles. The summed E-state index contributed by atoms with van der Waals surface area (Å²) in [6.07, 6.45) is 19.7. The summed E-state index contributed by atoms with van der Waals surface area (Å²) in [5.74, 6) is -0.0435. The van der Waals surface area contributed by atoms with Gasteiger partial charge in [0.2, 0.25) is 11.8 Å². The first kappa shape index (κ1) is 67.5. The monoisotopic (exact) mass is 1310 g/mol. The van der Waals surface area contributed by atoms with E-state index >= 15 is 0 Å². The largest absolute Gasteiger partial charge is 0.540 e. The molecule has 0 aliphatic heterocycles. The summed E-state index contributed by atoms with van der Waals surface area (Å²) in [6.45, 7) is 4.54. The molecule has 0 rings (SSSR count). The molecule has 18 heteroatoms. The maximum absolute atomic E-state index is 12.1. The minimum absolute atomic E-state index is 0. The third-order valence-electron chi connectivity index (χ3n) is 8.67. The zero-order valence-corrected chi connectivity index (χ0v) is 44.6. The van der Waals surface area contributed by atoms with Crippen LogP contribution in [0.5, 0.6) is 0 Å². The van der Waals surface area contributed by atoms with Gasteiger partial charge in [-0.25, -0.2) is 18.9 Å². The second-order valence-corrected chi connectivity index (χ2v) is 13.0. The summed E-state index contributed by atoms with van der Waals surface area (Å²) in [7, 11) is 14.8.